The number of rotatable bonds is 20. The molecule has 0 atom stereocenters. The highest BCUT2D eigenvalue weighted by atomic mass is 16.6. The molecule has 0 aliphatic rings. The smallest absolute Gasteiger partial charge is 0.407 e. The number of nitrogens with one attached hydrogen (secondary N) is 2. The molecule has 0 aromatic heterocycles. The van der Waals surface area contributed by atoms with Crippen molar-refractivity contribution < 1.29 is 38.0 Å². The molecular weight excluding hydrogens is 482 g/mol. The number of benzene rings is 1. The van der Waals surface area contributed by atoms with Gasteiger partial charge in [0.1, 0.15) is 12.2 Å². The van der Waals surface area contributed by atoms with E-state index in [0.717, 1.165) is 12.1 Å². The zero-order valence-electron chi connectivity index (χ0n) is 22.8. The monoisotopic (exact) mass is 527 g/mol. The molecule has 0 spiro atoms. The second-order valence-electron chi connectivity index (χ2n) is 9.09. The molecule has 0 aliphatic heterocycles. The van der Waals surface area contributed by atoms with Crippen LogP contribution in [0.3, 0.4) is 0 Å². The fraction of sp³-hybridized carbons (Fsp3) is 0.692. The number of ether oxygens (including phenoxy) is 6. The Morgan fingerprint density at radius 2 is 1.35 bits per heavy atom. The normalized spacial score (nSPS) is 11.4. The Morgan fingerprint density at radius 1 is 0.757 bits per heavy atom. The molecule has 2 N–H and O–H groups in total. The van der Waals surface area contributed by atoms with Gasteiger partial charge in [-0.1, -0.05) is 30.3 Å². The molecule has 11 heteroatoms. The van der Waals surface area contributed by atoms with Gasteiger partial charge in [0.05, 0.1) is 46.2 Å². The first-order valence-electron chi connectivity index (χ1n) is 12.7. The summed E-state index contributed by atoms with van der Waals surface area (Å²) in [7, 11) is 1.66. The average Bonchev–Trinajstić information content (AvgIpc) is 2.85. The summed E-state index contributed by atoms with van der Waals surface area (Å²) in [5.41, 5.74) is 0.430. The number of hydrogen-bond acceptors (Lipinski definition) is 9. The lowest BCUT2D eigenvalue weighted by Gasteiger charge is -2.22. The second kappa shape index (κ2) is 20.6. The van der Waals surface area contributed by atoms with Crippen molar-refractivity contribution in [3.05, 3.63) is 35.9 Å². The largest absolute Gasteiger partial charge is 0.445 e. The van der Waals surface area contributed by atoms with Gasteiger partial charge in [0.25, 0.3) is 0 Å². The van der Waals surface area contributed by atoms with E-state index >= 15 is 0 Å². The van der Waals surface area contributed by atoms with Crippen LogP contribution in [0.25, 0.3) is 0 Å². The predicted molar refractivity (Wildman–Crippen MR) is 140 cm³/mol. The third-order valence-electron chi connectivity index (χ3n) is 4.73. The van der Waals surface area contributed by atoms with Crippen molar-refractivity contribution in [3.8, 4) is 0 Å². The highest BCUT2D eigenvalue weighted by Gasteiger charge is 2.15. The lowest BCUT2D eigenvalue weighted by Crippen LogP contribution is -2.38. The van der Waals surface area contributed by atoms with Crippen molar-refractivity contribution in [2.75, 3.05) is 86.1 Å². The van der Waals surface area contributed by atoms with Gasteiger partial charge in [-0.15, -0.1) is 0 Å². The van der Waals surface area contributed by atoms with Gasteiger partial charge in [0, 0.05) is 39.8 Å². The molecule has 2 amide bonds. The summed E-state index contributed by atoms with van der Waals surface area (Å²) in [5.74, 6) is 0. The topological polar surface area (TPSA) is 117 Å². The molecule has 0 saturated carbocycles. The van der Waals surface area contributed by atoms with Crippen LogP contribution in [0.1, 0.15) is 26.3 Å². The number of amides is 2. The lowest BCUT2D eigenvalue weighted by atomic mass is 10.2. The van der Waals surface area contributed by atoms with Gasteiger partial charge in [-0.05, 0) is 26.3 Å². The maximum absolute atomic E-state index is 11.9. The Bertz CT molecular complexity index is 716. The quantitative estimate of drug-likeness (QED) is 0.247. The fourth-order valence-corrected chi connectivity index (χ4v) is 2.92. The standard InChI is InChI=1S/C26H45N3O8/c1-26(2,3)37-25(31)28-11-15-33-18-20-35-21-19-34-17-14-29(13-16-32-4)12-10-27-24(30)36-22-23-8-6-5-7-9-23/h5-9H,10-22H2,1-4H3,(H,27,30)(H,28,31). The number of methoxy groups -OCH3 is 1. The molecule has 0 heterocycles. The van der Waals surface area contributed by atoms with Gasteiger partial charge in [0.2, 0.25) is 0 Å². The fourth-order valence-electron chi connectivity index (χ4n) is 2.92. The third kappa shape index (κ3) is 20.3. The predicted octanol–water partition coefficient (Wildman–Crippen LogP) is 2.44. The number of alkyl carbamates (subject to hydrolysis) is 2. The van der Waals surface area contributed by atoms with E-state index in [4.69, 9.17) is 28.4 Å². The van der Waals surface area contributed by atoms with E-state index in [1.807, 2.05) is 51.1 Å². The van der Waals surface area contributed by atoms with Crippen molar-refractivity contribution >= 4 is 12.2 Å². The van der Waals surface area contributed by atoms with Crippen LogP contribution in [0.5, 0.6) is 0 Å². The number of hydrogen-bond donors (Lipinski definition) is 2. The zero-order chi connectivity index (χ0) is 27.2. The highest BCUT2D eigenvalue weighted by molar-refractivity contribution is 5.67. The van der Waals surface area contributed by atoms with Crippen LogP contribution in [0.2, 0.25) is 0 Å². The maximum Gasteiger partial charge on any atom is 0.407 e. The minimum absolute atomic E-state index is 0.243. The van der Waals surface area contributed by atoms with Crippen LogP contribution in [0.15, 0.2) is 30.3 Å². The van der Waals surface area contributed by atoms with E-state index in [1.165, 1.54) is 0 Å². The van der Waals surface area contributed by atoms with Crippen molar-refractivity contribution in [2.24, 2.45) is 0 Å². The Hall–Kier alpha value is -2.44. The molecule has 1 rings (SSSR count). The summed E-state index contributed by atoms with van der Waals surface area (Å²) in [5, 5.41) is 5.40. The van der Waals surface area contributed by atoms with Gasteiger partial charge in [0.15, 0.2) is 0 Å². The minimum Gasteiger partial charge on any atom is -0.445 e. The van der Waals surface area contributed by atoms with Crippen molar-refractivity contribution in [2.45, 2.75) is 33.0 Å². The molecule has 0 saturated heterocycles. The lowest BCUT2D eigenvalue weighted by molar-refractivity contribution is 0.00924. The molecule has 0 fully saturated rings. The number of carbonyl (C=O) groups excluding carboxylic acids is 2. The SMILES string of the molecule is COCCN(CCNC(=O)OCc1ccccc1)CCOCCOCCOCCNC(=O)OC(C)(C)C. The molecule has 212 valence electrons. The number of carbonyl (C=O) groups is 2. The van der Waals surface area contributed by atoms with Crippen molar-refractivity contribution in [1.29, 1.82) is 0 Å². The molecule has 0 bridgehead atoms. The van der Waals surface area contributed by atoms with Gasteiger partial charge in [-0.25, -0.2) is 9.59 Å². The van der Waals surface area contributed by atoms with E-state index in [-0.39, 0.29) is 6.61 Å². The first kappa shape index (κ1) is 32.6. The molecule has 0 radical (unpaired) electrons. The molecule has 37 heavy (non-hydrogen) atoms. The third-order valence-corrected chi connectivity index (χ3v) is 4.73. The zero-order valence-corrected chi connectivity index (χ0v) is 22.8. The Labute approximate surface area is 221 Å². The van der Waals surface area contributed by atoms with E-state index in [1.54, 1.807) is 7.11 Å². The van der Waals surface area contributed by atoms with Crippen molar-refractivity contribution in [3.63, 3.8) is 0 Å². The summed E-state index contributed by atoms with van der Waals surface area (Å²) in [4.78, 5) is 25.6. The maximum atomic E-state index is 11.9. The van der Waals surface area contributed by atoms with Crippen LogP contribution < -0.4 is 10.6 Å². The summed E-state index contributed by atoms with van der Waals surface area (Å²) in [6.45, 7) is 12.0. The van der Waals surface area contributed by atoms with Gasteiger partial charge >= 0.3 is 12.2 Å². The molecule has 0 aliphatic carbocycles. The van der Waals surface area contributed by atoms with Gasteiger partial charge in [-0.2, -0.15) is 0 Å². The van der Waals surface area contributed by atoms with Crippen LogP contribution >= 0.6 is 0 Å². The van der Waals surface area contributed by atoms with Crippen LogP contribution in [0.4, 0.5) is 9.59 Å². The number of nitrogens with zero attached hydrogens (tertiary/aromatic N) is 1. The van der Waals surface area contributed by atoms with Crippen LogP contribution in [-0.4, -0.2) is 109 Å². The van der Waals surface area contributed by atoms with E-state index in [0.29, 0.717) is 72.4 Å². The molecular formula is C26H45N3O8. The van der Waals surface area contributed by atoms with E-state index in [9.17, 15) is 9.59 Å². The molecule has 1 aromatic rings. The average molecular weight is 528 g/mol. The van der Waals surface area contributed by atoms with Gasteiger partial charge < -0.3 is 39.1 Å². The summed E-state index contributed by atoms with van der Waals surface area (Å²) in [6, 6.07) is 9.55. The molecule has 1 aromatic carbocycles. The Morgan fingerprint density at radius 3 is 2.00 bits per heavy atom. The van der Waals surface area contributed by atoms with Crippen LogP contribution in [-0.2, 0) is 35.0 Å². The van der Waals surface area contributed by atoms with Gasteiger partial charge in [-0.3, -0.25) is 4.90 Å². The van der Waals surface area contributed by atoms with E-state index in [2.05, 4.69) is 15.5 Å². The Balaban J connectivity index is 2.00. The van der Waals surface area contributed by atoms with Crippen LogP contribution in [0, 0.1) is 0 Å². The van der Waals surface area contributed by atoms with Crippen molar-refractivity contribution in [1.82, 2.24) is 15.5 Å². The molecule has 0 unspecified atom stereocenters. The summed E-state index contributed by atoms with van der Waals surface area (Å²) >= 11 is 0. The summed E-state index contributed by atoms with van der Waals surface area (Å²) < 4.78 is 32.1. The minimum atomic E-state index is -0.515. The van der Waals surface area contributed by atoms with E-state index < -0.39 is 17.8 Å². The summed E-state index contributed by atoms with van der Waals surface area (Å²) in [6.07, 6.45) is -0.893. The first-order chi connectivity index (χ1) is 17.8. The molecule has 11 nitrogen and oxygen atoms in total. The first-order valence-corrected chi connectivity index (χ1v) is 12.7. The highest BCUT2D eigenvalue weighted by Crippen LogP contribution is 2.06. The second-order valence-corrected chi connectivity index (χ2v) is 9.09. The Kier molecular flexibility index (Phi) is 18.1.